The first-order chi connectivity index (χ1) is 11.5. The van der Waals surface area contributed by atoms with Crippen molar-refractivity contribution in [3.05, 3.63) is 59.7 Å². The van der Waals surface area contributed by atoms with E-state index >= 15 is 0 Å². The van der Waals surface area contributed by atoms with Crippen molar-refractivity contribution in [3.8, 4) is 5.75 Å². The van der Waals surface area contributed by atoms with Gasteiger partial charge in [-0.3, -0.25) is 9.59 Å². The standard InChI is InChI=1S/C18H19N3O3/c1-13-5-3-4-6-17(13)20-18(23)12-24-16-9-7-15(8-10-16)11-19-21-14(2)22/h3-11H,12H2,1-2H3,(H,20,23)(H,21,22)/b19-11-. The lowest BCUT2D eigenvalue weighted by Gasteiger charge is -2.09. The van der Waals surface area contributed by atoms with E-state index in [0.29, 0.717) is 5.75 Å². The van der Waals surface area contributed by atoms with Crippen LogP contribution in [0.3, 0.4) is 0 Å². The van der Waals surface area contributed by atoms with Gasteiger partial charge in [0.25, 0.3) is 5.91 Å². The number of carbonyl (C=O) groups excluding carboxylic acids is 2. The average Bonchev–Trinajstić information content (AvgIpc) is 2.56. The van der Waals surface area contributed by atoms with E-state index in [9.17, 15) is 9.59 Å². The Bertz CT molecular complexity index is 739. The van der Waals surface area contributed by atoms with Crippen LogP contribution in [-0.2, 0) is 9.59 Å². The van der Waals surface area contributed by atoms with Crippen molar-refractivity contribution in [2.45, 2.75) is 13.8 Å². The monoisotopic (exact) mass is 325 g/mol. The Morgan fingerprint density at radius 1 is 1.12 bits per heavy atom. The molecule has 0 unspecified atom stereocenters. The van der Waals surface area contributed by atoms with Crippen LogP contribution in [0.15, 0.2) is 53.6 Å². The maximum absolute atomic E-state index is 11.9. The van der Waals surface area contributed by atoms with Crippen LogP contribution in [0.1, 0.15) is 18.1 Å². The third-order valence-corrected chi connectivity index (χ3v) is 3.10. The Labute approximate surface area is 140 Å². The van der Waals surface area contributed by atoms with E-state index < -0.39 is 0 Å². The van der Waals surface area contributed by atoms with Gasteiger partial charge >= 0.3 is 0 Å². The highest BCUT2D eigenvalue weighted by molar-refractivity contribution is 5.92. The molecule has 6 nitrogen and oxygen atoms in total. The minimum absolute atomic E-state index is 0.0757. The van der Waals surface area contributed by atoms with Crippen LogP contribution in [0.4, 0.5) is 5.69 Å². The summed E-state index contributed by atoms with van der Waals surface area (Å²) in [5, 5.41) is 6.58. The molecule has 6 heteroatoms. The Morgan fingerprint density at radius 2 is 1.83 bits per heavy atom. The van der Waals surface area contributed by atoms with Crippen molar-refractivity contribution < 1.29 is 14.3 Å². The summed E-state index contributed by atoms with van der Waals surface area (Å²) in [6.45, 7) is 3.24. The summed E-state index contributed by atoms with van der Waals surface area (Å²) in [6, 6.07) is 14.6. The minimum atomic E-state index is -0.231. The van der Waals surface area contributed by atoms with Crippen molar-refractivity contribution in [2.75, 3.05) is 11.9 Å². The smallest absolute Gasteiger partial charge is 0.262 e. The van der Waals surface area contributed by atoms with Gasteiger partial charge in [-0.2, -0.15) is 5.10 Å². The molecule has 2 amide bonds. The molecule has 124 valence electrons. The molecule has 0 atom stereocenters. The molecule has 0 saturated carbocycles. The molecule has 0 aliphatic rings. The molecule has 2 aromatic rings. The fraction of sp³-hybridized carbons (Fsp3) is 0.167. The number of nitrogens with one attached hydrogen (secondary N) is 2. The highest BCUT2D eigenvalue weighted by Crippen LogP contribution is 2.14. The van der Waals surface area contributed by atoms with Crippen LogP contribution in [0, 0.1) is 6.92 Å². The quantitative estimate of drug-likeness (QED) is 0.632. The lowest BCUT2D eigenvalue weighted by molar-refractivity contribution is -0.119. The van der Waals surface area contributed by atoms with E-state index in [1.165, 1.54) is 13.1 Å². The third kappa shape index (κ3) is 5.57. The summed E-state index contributed by atoms with van der Waals surface area (Å²) in [5.74, 6) is 0.123. The number of hydrogen-bond donors (Lipinski definition) is 2. The molecule has 24 heavy (non-hydrogen) atoms. The summed E-state index contributed by atoms with van der Waals surface area (Å²) in [6.07, 6.45) is 1.52. The number of hydrogen-bond acceptors (Lipinski definition) is 4. The van der Waals surface area contributed by atoms with Gasteiger partial charge in [-0.1, -0.05) is 18.2 Å². The fourth-order valence-corrected chi connectivity index (χ4v) is 1.90. The van der Waals surface area contributed by atoms with E-state index in [4.69, 9.17) is 4.74 Å². The van der Waals surface area contributed by atoms with E-state index in [0.717, 1.165) is 16.8 Å². The van der Waals surface area contributed by atoms with Gasteiger partial charge in [0.15, 0.2) is 6.61 Å². The molecule has 2 rings (SSSR count). The average molecular weight is 325 g/mol. The van der Waals surface area contributed by atoms with E-state index in [1.807, 2.05) is 31.2 Å². The van der Waals surface area contributed by atoms with Crippen LogP contribution in [0.25, 0.3) is 0 Å². The zero-order chi connectivity index (χ0) is 17.4. The lowest BCUT2D eigenvalue weighted by atomic mass is 10.2. The van der Waals surface area contributed by atoms with Gasteiger partial charge in [-0.25, -0.2) is 5.43 Å². The SMILES string of the molecule is CC(=O)N/N=C\c1ccc(OCC(=O)Nc2ccccc2C)cc1. The van der Waals surface area contributed by atoms with Crippen molar-refractivity contribution >= 4 is 23.7 Å². The molecule has 0 aliphatic carbocycles. The number of hydrazone groups is 1. The van der Waals surface area contributed by atoms with E-state index in [-0.39, 0.29) is 18.4 Å². The zero-order valence-electron chi connectivity index (χ0n) is 13.6. The second-order valence-electron chi connectivity index (χ2n) is 5.15. The molecule has 0 fully saturated rings. The molecule has 0 aliphatic heterocycles. The first-order valence-electron chi connectivity index (χ1n) is 7.42. The number of rotatable bonds is 6. The Balaban J connectivity index is 1.83. The predicted molar refractivity (Wildman–Crippen MR) is 93.2 cm³/mol. The third-order valence-electron chi connectivity index (χ3n) is 3.10. The van der Waals surface area contributed by atoms with Crippen LogP contribution in [0.2, 0.25) is 0 Å². The van der Waals surface area contributed by atoms with Gasteiger partial charge < -0.3 is 10.1 Å². The molecule has 0 aromatic heterocycles. The summed E-state index contributed by atoms with van der Waals surface area (Å²) in [5.41, 5.74) is 4.90. The van der Waals surface area contributed by atoms with E-state index in [2.05, 4.69) is 15.8 Å². The van der Waals surface area contributed by atoms with Crippen LogP contribution < -0.4 is 15.5 Å². The van der Waals surface area contributed by atoms with E-state index in [1.54, 1.807) is 24.3 Å². The van der Waals surface area contributed by atoms with Crippen molar-refractivity contribution in [1.82, 2.24) is 5.43 Å². The Hall–Kier alpha value is -3.15. The maximum Gasteiger partial charge on any atom is 0.262 e. The molecule has 0 saturated heterocycles. The number of para-hydroxylation sites is 1. The van der Waals surface area contributed by atoms with Gasteiger partial charge in [0.1, 0.15) is 5.75 Å². The van der Waals surface area contributed by atoms with Gasteiger partial charge in [0, 0.05) is 12.6 Å². The predicted octanol–water partition coefficient (Wildman–Crippen LogP) is 2.48. The number of benzene rings is 2. The van der Waals surface area contributed by atoms with Gasteiger partial charge in [0.2, 0.25) is 5.91 Å². The highest BCUT2D eigenvalue weighted by atomic mass is 16.5. The molecule has 0 heterocycles. The largest absolute Gasteiger partial charge is 0.484 e. The number of anilines is 1. The molecule has 0 bridgehead atoms. The van der Waals surface area contributed by atoms with Crippen molar-refractivity contribution in [3.63, 3.8) is 0 Å². The number of nitrogens with zero attached hydrogens (tertiary/aromatic N) is 1. The first-order valence-corrected chi connectivity index (χ1v) is 7.42. The topological polar surface area (TPSA) is 79.8 Å². The number of aryl methyl sites for hydroxylation is 1. The van der Waals surface area contributed by atoms with Crippen LogP contribution >= 0.6 is 0 Å². The van der Waals surface area contributed by atoms with Gasteiger partial charge in [0.05, 0.1) is 6.21 Å². The summed E-state index contributed by atoms with van der Waals surface area (Å²) >= 11 is 0. The zero-order valence-corrected chi connectivity index (χ0v) is 13.6. The summed E-state index contributed by atoms with van der Waals surface area (Å²) in [7, 11) is 0. The lowest BCUT2D eigenvalue weighted by Crippen LogP contribution is -2.20. The first kappa shape index (κ1) is 17.2. The molecule has 2 aromatic carbocycles. The molecule has 0 spiro atoms. The van der Waals surface area contributed by atoms with Gasteiger partial charge in [-0.05, 0) is 48.4 Å². The Kier molecular flexibility index (Phi) is 6.08. The van der Waals surface area contributed by atoms with Crippen molar-refractivity contribution in [1.29, 1.82) is 0 Å². The second kappa shape index (κ2) is 8.47. The van der Waals surface area contributed by atoms with Gasteiger partial charge in [-0.15, -0.1) is 0 Å². The second-order valence-corrected chi connectivity index (χ2v) is 5.15. The van der Waals surface area contributed by atoms with Crippen LogP contribution in [-0.4, -0.2) is 24.6 Å². The number of carbonyl (C=O) groups is 2. The normalized spacial score (nSPS) is 10.4. The highest BCUT2D eigenvalue weighted by Gasteiger charge is 2.05. The number of ether oxygens (including phenoxy) is 1. The molecule has 0 radical (unpaired) electrons. The van der Waals surface area contributed by atoms with Crippen LogP contribution in [0.5, 0.6) is 5.75 Å². The summed E-state index contributed by atoms with van der Waals surface area (Å²) < 4.78 is 5.45. The number of amides is 2. The van der Waals surface area contributed by atoms with Crippen molar-refractivity contribution in [2.24, 2.45) is 5.10 Å². The maximum atomic E-state index is 11.9. The molecular weight excluding hydrogens is 306 g/mol. The fourth-order valence-electron chi connectivity index (χ4n) is 1.90. The Morgan fingerprint density at radius 3 is 2.50 bits per heavy atom. The minimum Gasteiger partial charge on any atom is -0.484 e. The molecular formula is C18H19N3O3. The molecule has 2 N–H and O–H groups in total. The summed E-state index contributed by atoms with van der Waals surface area (Å²) in [4.78, 5) is 22.6.